The summed E-state index contributed by atoms with van der Waals surface area (Å²) in [5.41, 5.74) is 2.58. The quantitative estimate of drug-likeness (QED) is 0.283. The van der Waals surface area contributed by atoms with E-state index in [1.165, 1.54) is 19.1 Å². The van der Waals surface area contributed by atoms with E-state index in [9.17, 15) is 22.6 Å². The molecular formula is C22H16N2O5S. The number of aryl methyl sites for hydroxylation is 2. The second-order valence-corrected chi connectivity index (χ2v) is 8.83. The Labute approximate surface area is 169 Å². The minimum atomic E-state index is -4.44. The average molecular weight is 420 g/mol. The number of aromatic nitrogens is 2. The first-order valence-electron chi connectivity index (χ1n) is 9.19. The van der Waals surface area contributed by atoms with E-state index >= 15 is 0 Å². The molecular weight excluding hydrogens is 404 g/mol. The summed E-state index contributed by atoms with van der Waals surface area (Å²) in [7, 11) is -4.44. The third kappa shape index (κ3) is 2.51. The third-order valence-corrected chi connectivity index (χ3v) is 6.61. The zero-order valence-corrected chi connectivity index (χ0v) is 16.8. The fourth-order valence-electron chi connectivity index (χ4n) is 4.14. The zero-order chi connectivity index (χ0) is 21.4. The average Bonchev–Trinajstić information content (AvgIpc) is 2.67. The lowest BCUT2D eigenvalue weighted by atomic mass is 10.0. The van der Waals surface area contributed by atoms with Crippen LogP contribution in [0.4, 0.5) is 0 Å². The molecule has 0 saturated heterocycles. The summed E-state index contributed by atoms with van der Waals surface area (Å²) in [4.78, 5) is 32.3. The highest BCUT2D eigenvalue weighted by Crippen LogP contribution is 2.26. The number of benzene rings is 3. The van der Waals surface area contributed by atoms with Crippen LogP contribution in [0.5, 0.6) is 0 Å². The minimum Gasteiger partial charge on any atom is -0.354 e. The van der Waals surface area contributed by atoms with Gasteiger partial charge in [-0.25, -0.2) is 0 Å². The van der Waals surface area contributed by atoms with Gasteiger partial charge in [0.25, 0.3) is 10.1 Å². The van der Waals surface area contributed by atoms with E-state index in [-0.39, 0.29) is 21.3 Å². The number of aromatic amines is 2. The molecule has 0 aliphatic rings. The Morgan fingerprint density at radius 2 is 1.47 bits per heavy atom. The summed E-state index contributed by atoms with van der Waals surface area (Å²) in [6.45, 7) is 3.37. The van der Waals surface area contributed by atoms with E-state index in [1.807, 2.05) is 25.1 Å². The Morgan fingerprint density at radius 3 is 2.17 bits per heavy atom. The molecule has 2 heterocycles. The number of pyridine rings is 2. The van der Waals surface area contributed by atoms with E-state index < -0.39 is 10.1 Å². The Balaban J connectivity index is 1.98. The topological polar surface area (TPSA) is 120 Å². The minimum absolute atomic E-state index is 0.150. The largest absolute Gasteiger partial charge is 0.354 e. The second-order valence-electron chi connectivity index (χ2n) is 7.44. The molecule has 3 N–H and O–H groups in total. The van der Waals surface area contributed by atoms with E-state index in [2.05, 4.69) is 9.97 Å². The van der Waals surface area contributed by atoms with Gasteiger partial charge in [-0.15, -0.1) is 0 Å². The molecule has 0 radical (unpaired) electrons. The van der Waals surface area contributed by atoms with Gasteiger partial charge in [0, 0.05) is 21.5 Å². The molecule has 0 fully saturated rings. The molecule has 0 aliphatic heterocycles. The molecule has 0 amide bonds. The van der Waals surface area contributed by atoms with Crippen molar-refractivity contribution in [2.75, 3.05) is 0 Å². The molecule has 5 rings (SSSR count). The summed E-state index contributed by atoms with van der Waals surface area (Å²) < 4.78 is 32.7. The van der Waals surface area contributed by atoms with Crippen molar-refractivity contribution in [2.45, 2.75) is 18.7 Å². The molecule has 3 aromatic carbocycles. The lowest BCUT2D eigenvalue weighted by Gasteiger charge is -2.10. The van der Waals surface area contributed by atoms with Gasteiger partial charge in [0.1, 0.15) is 0 Å². The lowest BCUT2D eigenvalue weighted by Crippen LogP contribution is -2.10. The molecule has 8 heteroatoms. The normalized spacial score (nSPS) is 12.4. The predicted molar refractivity (Wildman–Crippen MR) is 117 cm³/mol. The molecule has 7 nitrogen and oxygen atoms in total. The fourth-order valence-corrected chi connectivity index (χ4v) is 4.87. The van der Waals surface area contributed by atoms with Crippen LogP contribution in [0.15, 0.2) is 56.9 Å². The van der Waals surface area contributed by atoms with Crippen LogP contribution in [0.1, 0.15) is 11.1 Å². The van der Waals surface area contributed by atoms with Gasteiger partial charge < -0.3 is 9.97 Å². The molecule has 30 heavy (non-hydrogen) atoms. The highest BCUT2D eigenvalue weighted by atomic mass is 32.2. The summed E-state index contributed by atoms with van der Waals surface area (Å²) >= 11 is 0. The number of nitrogens with one attached hydrogen (secondary N) is 2. The number of fused-ring (bicyclic) bond motifs is 4. The van der Waals surface area contributed by atoms with E-state index in [4.69, 9.17) is 0 Å². The Hall–Kier alpha value is -3.49. The number of hydrogen-bond acceptors (Lipinski definition) is 4. The van der Waals surface area contributed by atoms with E-state index in [1.54, 1.807) is 12.1 Å². The molecule has 0 aliphatic carbocycles. The highest BCUT2D eigenvalue weighted by Gasteiger charge is 2.18. The van der Waals surface area contributed by atoms with E-state index in [0.29, 0.717) is 43.6 Å². The van der Waals surface area contributed by atoms with Crippen molar-refractivity contribution >= 4 is 53.7 Å². The summed E-state index contributed by atoms with van der Waals surface area (Å²) in [6.07, 6.45) is 0. The van der Waals surface area contributed by atoms with Crippen LogP contribution >= 0.6 is 0 Å². The third-order valence-electron chi connectivity index (χ3n) is 5.61. The number of H-pyrrole nitrogens is 2. The van der Waals surface area contributed by atoms with Crippen molar-refractivity contribution in [3.05, 3.63) is 74.0 Å². The van der Waals surface area contributed by atoms with Crippen molar-refractivity contribution < 1.29 is 13.0 Å². The van der Waals surface area contributed by atoms with Crippen molar-refractivity contribution in [3.8, 4) is 0 Å². The number of hydrogen-bond donors (Lipinski definition) is 3. The van der Waals surface area contributed by atoms with Crippen LogP contribution in [0, 0.1) is 13.8 Å². The summed E-state index contributed by atoms with van der Waals surface area (Å²) in [5, 5.41) is 1.67. The standard InChI is InChI=1S/C22H16N2O5S/c1-10-4-3-5-15-19(10)22(26)14-9-17-13(8-16(14)23-15)21(25)12-6-7-18(30(27,28)29)11(2)20(12)24-17/h3-9H,1-2H3,(H,23,26)(H,24,25)(H,27,28,29). The molecule has 0 atom stereocenters. The van der Waals surface area contributed by atoms with Crippen LogP contribution in [-0.2, 0) is 10.1 Å². The van der Waals surface area contributed by atoms with Crippen molar-refractivity contribution in [1.29, 1.82) is 0 Å². The highest BCUT2D eigenvalue weighted by molar-refractivity contribution is 7.85. The predicted octanol–water partition coefficient (Wildman–Crippen LogP) is 3.54. The zero-order valence-electron chi connectivity index (χ0n) is 16.0. The summed E-state index contributed by atoms with van der Waals surface area (Å²) in [5.74, 6) is 0. The van der Waals surface area contributed by atoms with Gasteiger partial charge in [0.2, 0.25) is 0 Å². The van der Waals surface area contributed by atoms with Gasteiger partial charge in [0.05, 0.1) is 27.0 Å². The van der Waals surface area contributed by atoms with Gasteiger partial charge in [-0.1, -0.05) is 12.1 Å². The first-order valence-corrected chi connectivity index (χ1v) is 10.6. The monoisotopic (exact) mass is 420 g/mol. The van der Waals surface area contributed by atoms with Gasteiger partial charge >= 0.3 is 0 Å². The van der Waals surface area contributed by atoms with Gasteiger partial charge in [-0.05, 0) is 55.3 Å². The Kier molecular flexibility index (Phi) is 3.71. The molecule has 2 aromatic heterocycles. The van der Waals surface area contributed by atoms with Gasteiger partial charge in [-0.2, -0.15) is 8.42 Å². The lowest BCUT2D eigenvalue weighted by molar-refractivity contribution is 0.482. The van der Waals surface area contributed by atoms with Crippen LogP contribution in [0.25, 0.3) is 43.6 Å². The Morgan fingerprint density at radius 1 is 0.800 bits per heavy atom. The molecule has 0 unspecified atom stereocenters. The molecule has 150 valence electrons. The second kappa shape index (κ2) is 6.01. The molecule has 0 bridgehead atoms. The van der Waals surface area contributed by atoms with Gasteiger partial charge in [-0.3, -0.25) is 14.1 Å². The Bertz CT molecular complexity index is 1780. The fraction of sp³-hybridized carbons (Fsp3) is 0.0909. The van der Waals surface area contributed by atoms with Crippen molar-refractivity contribution in [1.82, 2.24) is 9.97 Å². The SMILES string of the molecule is Cc1c(S(=O)(=O)O)ccc2c(=O)c3cc4[nH]c5cccc(C)c5c(=O)c4cc3[nH]c12. The maximum absolute atomic E-state index is 13.1. The summed E-state index contributed by atoms with van der Waals surface area (Å²) in [6, 6.07) is 11.4. The maximum Gasteiger partial charge on any atom is 0.294 e. The van der Waals surface area contributed by atoms with Crippen LogP contribution in [0.2, 0.25) is 0 Å². The first-order chi connectivity index (χ1) is 14.2. The number of rotatable bonds is 1. The van der Waals surface area contributed by atoms with Crippen LogP contribution < -0.4 is 10.9 Å². The molecule has 0 saturated carbocycles. The smallest absolute Gasteiger partial charge is 0.294 e. The molecule has 0 spiro atoms. The van der Waals surface area contributed by atoms with Crippen LogP contribution in [0.3, 0.4) is 0 Å². The first kappa shape index (κ1) is 18.5. The maximum atomic E-state index is 13.1. The van der Waals surface area contributed by atoms with E-state index in [0.717, 1.165) is 5.56 Å². The molecule has 5 aromatic rings. The van der Waals surface area contributed by atoms with Crippen LogP contribution in [-0.4, -0.2) is 22.9 Å². The van der Waals surface area contributed by atoms with Gasteiger partial charge in [0.15, 0.2) is 10.9 Å². The van der Waals surface area contributed by atoms with Crippen molar-refractivity contribution in [3.63, 3.8) is 0 Å². The van der Waals surface area contributed by atoms with Crippen molar-refractivity contribution in [2.24, 2.45) is 0 Å².